The maximum atomic E-state index is 12.6. The Bertz CT molecular complexity index is 1050. The zero-order valence-corrected chi connectivity index (χ0v) is 20.8. The maximum Gasteiger partial charge on any atom is 0.250 e. The van der Waals surface area contributed by atoms with Gasteiger partial charge in [0.05, 0.1) is 26.9 Å². The Labute approximate surface area is 207 Å². The van der Waals surface area contributed by atoms with E-state index in [0.29, 0.717) is 12.1 Å². The molecule has 0 radical (unpaired) electrons. The fourth-order valence-electron chi connectivity index (χ4n) is 4.44. The third-order valence-electron chi connectivity index (χ3n) is 6.51. The molecule has 2 aliphatic rings. The highest BCUT2D eigenvalue weighted by Gasteiger charge is 2.19. The van der Waals surface area contributed by atoms with E-state index < -0.39 is 0 Å². The highest BCUT2D eigenvalue weighted by molar-refractivity contribution is 5.99. The molecule has 0 aromatic heterocycles. The summed E-state index contributed by atoms with van der Waals surface area (Å²) in [5, 5.41) is 3.03. The molecule has 2 aromatic rings. The number of piperazine rings is 1. The van der Waals surface area contributed by atoms with E-state index in [1.807, 2.05) is 36.4 Å². The van der Waals surface area contributed by atoms with Gasteiger partial charge in [-0.2, -0.15) is 0 Å². The third-order valence-corrected chi connectivity index (χ3v) is 6.51. The summed E-state index contributed by atoms with van der Waals surface area (Å²) in [6, 6.07) is 11.7. The summed E-state index contributed by atoms with van der Waals surface area (Å²) in [4.78, 5) is 17.4. The number of unbranched alkanes of at least 4 members (excludes halogenated alkanes) is 1. The van der Waals surface area contributed by atoms with Crippen molar-refractivity contribution in [3.05, 3.63) is 47.5 Å². The van der Waals surface area contributed by atoms with Crippen molar-refractivity contribution in [1.82, 2.24) is 10.2 Å². The molecule has 188 valence electrons. The number of amides is 1. The van der Waals surface area contributed by atoms with Gasteiger partial charge in [0.1, 0.15) is 18.1 Å². The summed E-state index contributed by atoms with van der Waals surface area (Å²) in [5.41, 5.74) is 2.66. The number of carbonyl (C=O) groups excluding carboxylic acids is 1. The lowest BCUT2D eigenvalue weighted by molar-refractivity contribution is -0.117. The van der Waals surface area contributed by atoms with Crippen molar-refractivity contribution in [2.45, 2.75) is 12.8 Å². The van der Waals surface area contributed by atoms with Crippen LogP contribution < -0.4 is 29.2 Å². The van der Waals surface area contributed by atoms with Crippen LogP contribution in [0, 0.1) is 0 Å². The monoisotopic (exact) mass is 481 g/mol. The number of methoxy groups -OCH3 is 3. The second-order valence-electron chi connectivity index (χ2n) is 8.69. The van der Waals surface area contributed by atoms with Crippen molar-refractivity contribution in [2.24, 2.45) is 0 Å². The van der Waals surface area contributed by atoms with Crippen molar-refractivity contribution in [3.63, 3.8) is 0 Å². The first-order chi connectivity index (χ1) is 17.1. The van der Waals surface area contributed by atoms with Crippen LogP contribution in [0.15, 0.2) is 42.0 Å². The number of benzene rings is 2. The average molecular weight is 482 g/mol. The molecule has 0 unspecified atom stereocenters. The second kappa shape index (κ2) is 11.8. The van der Waals surface area contributed by atoms with Gasteiger partial charge >= 0.3 is 0 Å². The van der Waals surface area contributed by atoms with Crippen LogP contribution >= 0.6 is 0 Å². The van der Waals surface area contributed by atoms with Crippen LogP contribution in [0.4, 0.5) is 5.69 Å². The van der Waals surface area contributed by atoms with Crippen LogP contribution in [-0.4, -0.2) is 78.0 Å². The summed E-state index contributed by atoms with van der Waals surface area (Å²) in [6.07, 6.45) is 3.88. The molecular formula is C27H35N3O5. The normalized spacial score (nSPS) is 15.5. The first-order valence-electron chi connectivity index (χ1n) is 12.1. The van der Waals surface area contributed by atoms with Gasteiger partial charge < -0.3 is 29.2 Å². The van der Waals surface area contributed by atoms with Crippen molar-refractivity contribution in [2.75, 3.05) is 72.1 Å². The molecule has 1 amide bonds. The Balaban J connectivity index is 1.16. The quantitative estimate of drug-likeness (QED) is 0.523. The van der Waals surface area contributed by atoms with Crippen molar-refractivity contribution in [1.29, 1.82) is 0 Å². The van der Waals surface area contributed by atoms with Gasteiger partial charge in [-0.05, 0) is 55.8 Å². The molecule has 1 fully saturated rings. The van der Waals surface area contributed by atoms with Gasteiger partial charge in [-0.1, -0.05) is 0 Å². The van der Waals surface area contributed by atoms with Crippen LogP contribution in [0.2, 0.25) is 0 Å². The SMILES string of the molecule is COc1ccc2c(c1)C=C(C(=O)NCCCCN1CCN(c3ccc(OC)c(OC)c3)CC1)CO2. The van der Waals surface area contributed by atoms with Crippen LogP contribution in [0.3, 0.4) is 0 Å². The van der Waals surface area contributed by atoms with Crippen molar-refractivity contribution in [3.8, 4) is 23.0 Å². The summed E-state index contributed by atoms with van der Waals surface area (Å²) in [5.74, 6) is 2.96. The molecule has 2 aliphatic heterocycles. The predicted octanol–water partition coefficient (Wildman–Crippen LogP) is 3.21. The number of carbonyl (C=O) groups is 1. The highest BCUT2D eigenvalue weighted by Crippen LogP contribution is 2.32. The number of ether oxygens (including phenoxy) is 4. The van der Waals surface area contributed by atoms with E-state index in [2.05, 4.69) is 21.2 Å². The summed E-state index contributed by atoms with van der Waals surface area (Å²) in [7, 11) is 4.94. The van der Waals surface area contributed by atoms with Gasteiger partial charge in [0.15, 0.2) is 11.5 Å². The summed E-state index contributed by atoms with van der Waals surface area (Å²) in [6.45, 7) is 5.98. The molecule has 1 N–H and O–H groups in total. The van der Waals surface area contributed by atoms with Gasteiger partial charge in [0.2, 0.25) is 0 Å². The molecule has 0 bridgehead atoms. The molecule has 35 heavy (non-hydrogen) atoms. The lowest BCUT2D eigenvalue weighted by atomic mass is 10.1. The lowest BCUT2D eigenvalue weighted by Gasteiger charge is -2.36. The van der Waals surface area contributed by atoms with Crippen LogP contribution in [0.5, 0.6) is 23.0 Å². The van der Waals surface area contributed by atoms with E-state index in [-0.39, 0.29) is 12.5 Å². The molecule has 8 nitrogen and oxygen atoms in total. The van der Waals surface area contributed by atoms with Gasteiger partial charge in [-0.15, -0.1) is 0 Å². The van der Waals surface area contributed by atoms with E-state index in [1.165, 1.54) is 0 Å². The Hall–Kier alpha value is -3.39. The van der Waals surface area contributed by atoms with Gasteiger partial charge in [0.25, 0.3) is 5.91 Å². The first-order valence-corrected chi connectivity index (χ1v) is 12.1. The smallest absolute Gasteiger partial charge is 0.250 e. The number of rotatable bonds is 10. The molecule has 0 aliphatic carbocycles. The molecule has 2 heterocycles. The second-order valence-corrected chi connectivity index (χ2v) is 8.69. The Morgan fingerprint density at radius 3 is 2.49 bits per heavy atom. The van der Waals surface area contributed by atoms with Crippen LogP contribution in [0.25, 0.3) is 6.08 Å². The third kappa shape index (κ3) is 6.19. The van der Waals surface area contributed by atoms with Crippen molar-refractivity contribution < 1.29 is 23.7 Å². The molecule has 0 spiro atoms. The number of fused-ring (bicyclic) bond motifs is 1. The summed E-state index contributed by atoms with van der Waals surface area (Å²) < 4.78 is 21.8. The highest BCUT2D eigenvalue weighted by atomic mass is 16.5. The summed E-state index contributed by atoms with van der Waals surface area (Å²) >= 11 is 0. The van der Waals surface area contributed by atoms with E-state index in [4.69, 9.17) is 18.9 Å². The molecule has 0 saturated carbocycles. The number of anilines is 1. The molecule has 8 heteroatoms. The van der Waals surface area contributed by atoms with Gasteiger partial charge in [-0.3, -0.25) is 9.69 Å². The van der Waals surface area contributed by atoms with Crippen LogP contribution in [0.1, 0.15) is 18.4 Å². The fraction of sp³-hybridized carbons (Fsp3) is 0.444. The van der Waals surface area contributed by atoms with Gasteiger partial charge in [-0.25, -0.2) is 0 Å². The Kier molecular flexibility index (Phi) is 8.36. The number of nitrogens with zero attached hydrogens (tertiary/aromatic N) is 2. The van der Waals surface area contributed by atoms with Crippen molar-refractivity contribution >= 4 is 17.7 Å². The first kappa shape index (κ1) is 24.7. The fourth-order valence-corrected chi connectivity index (χ4v) is 4.44. The molecule has 1 saturated heterocycles. The van der Waals surface area contributed by atoms with E-state index >= 15 is 0 Å². The van der Waals surface area contributed by atoms with E-state index in [9.17, 15) is 4.79 Å². The largest absolute Gasteiger partial charge is 0.497 e. The Morgan fingerprint density at radius 2 is 1.74 bits per heavy atom. The number of hydrogen-bond acceptors (Lipinski definition) is 7. The standard InChI is InChI=1S/C27H35N3O5/c1-32-23-7-9-24-20(17-23)16-21(19-35-24)27(31)28-10-4-5-11-29-12-14-30(15-13-29)22-6-8-25(33-2)26(18-22)34-3/h6-9,16-18H,4-5,10-15,19H2,1-3H3,(H,28,31). The molecular weight excluding hydrogens is 446 g/mol. The van der Waals surface area contributed by atoms with Crippen LogP contribution in [-0.2, 0) is 4.79 Å². The topological polar surface area (TPSA) is 72.5 Å². The zero-order chi connectivity index (χ0) is 24.6. The number of nitrogens with one attached hydrogen (secondary N) is 1. The molecule has 2 aromatic carbocycles. The number of hydrogen-bond donors (Lipinski definition) is 1. The van der Waals surface area contributed by atoms with Gasteiger partial charge in [0, 0.05) is 50.0 Å². The average Bonchev–Trinajstić information content (AvgIpc) is 2.92. The Morgan fingerprint density at radius 1 is 0.943 bits per heavy atom. The minimum absolute atomic E-state index is 0.0676. The van der Waals surface area contributed by atoms with E-state index in [1.54, 1.807) is 21.3 Å². The molecule has 4 rings (SSSR count). The minimum Gasteiger partial charge on any atom is -0.497 e. The minimum atomic E-state index is -0.0676. The van der Waals surface area contributed by atoms with E-state index in [0.717, 1.165) is 79.8 Å². The zero-order valence-electron chi connectivity index (χ0n) is 20.8. The lowest BCUT2D eigenvalue weighted by Crippen LogP contribution is -2.46. The predicted molar refractivity (Wildman–Crippen MR) is 137 cm³/mol. The maximum absolute atomic E-state index is 12.6. The molecule has 0 atom stereocenters.